The number of amides is 2. The minimum absolute atomic E-state index is 0.0338. The summed E-state index contributed by atoms with van der Waals surface area (Å²) in [5, 5.41) is 0. The quantitative estimate of drug-likeness (QED) is 0.618. The Hall–Kier alpha value is -3.93. The van der Waals surface area contributed by atoms with Crippen molar-refractivity contribution in [3.05, 3.63) is 58.8 Å². The number of rotatable bonds is 3. The van der Waals surface area contributed by atoms with Crippen LogP contribution in [0.15, 0.2) is 30.3 Å². The lowest BCUT2D eigenvalue weighted by Gasteiger charge is -2.34. The van der Waals surface area contributed by atoms with Gasteiger partial charge in [0, 0.05) is 35.9 Å². The van der Waals surface area contributed by atoms with Crippen LogP contribution in [0.5, 0.6) is 0 Å². The minimum Gasteiger partial charge on any atom is -0.381 e. The van der Waals surface area contributed by atoms with Crippen molar-refractivity contribution in [2.75, 3.05) is 18.8 Å². The van der Waals surface area contributed by atoms with Gasteiger partial charge in [-0.2, -0.15) is 0 Å². The van der Waals surface area contributed by atoms with E-state index in [1.165, 1.54) is 29.2 Å². The Labute approximate surface area is 182 Å². The van der Waals surface area contributed by atoms with E-state index >= 15 is 0 Å². The van der Waals surface area contributed by atoms with Gasteiger partial charge in [-0.25, -0.2) is 13.8 Å². The van der Waals surface area contributed by atoms with Gasteiger partial charge in [-0.3, -0.25) is 9.59 Å². The Morgan fingerprint density at radius 2 is 2.06 bits per heavy atom. The molecule has 4 heterocycles. The molecule has 0 aliphatic carbocycles. The monoisotopic (exact) mass is 435 g/mol. The first kappa shape index (κ1) is 20.0. The molecule has 2 amide bonds. The predicted octanol–water partition coefficient (Wildman–Crippen LogP) is 2.53. The maximum Gasteiger partial charge on any atom is 0.255 e. The Morgan fingerprint density at radius 3 is 2.84 bits per heavy atom. The van der Waals surface area contributed by atoms with Gasteiger partial charge in [0.2, 0.25) is 0 Å². The van der Waals surface area contributed by atoms with Gasteiger partial charge in [-0.1, -0.05) is 12.0 Å². The zero-order chi connectivity index (χ0) is 22.6. The van der Waals surface area contributed by atoms with Crippen LogP contribution in [-0.2, 0) is 16.9 Å². The molecule has 3 aromatic rings. The highest BCUT2D eigenvalue weighted by atomic mass is 19.1. The van der Waals surface area contributed by atoms with Crippen LogP contribution in [0, 0.1) is 23.5 Å². The van der Waals surface area contributed by atoms with Crippen molar-refractivity contribution in [2.45, 2.75) is 25.4 Å². The van der Waals surface area contributed by atoms with Crippen molar-refractivity contribution < 1.29 is 18.4 Å². The van der Waals surface area contributed by atoms with E-state index < -0.39 is 23.1 Å². The summed E-state index contributed by atoms with van der Waals surface area (Å²) in [5.74, 6) is 3.57. The molecular weight excluding hydrogens is 416 g/mol. The van der Waals surface area contributed by atoms with E-state index in [1.54, 1.807) is 17.9 Å². The first-order chi connectivity index (χ1) is 15.3. The standard InChI is InChI=1S/C23H19F2N5O2/c1-2-3-7-29-8-6-23(22(29)32)16-5-4-13(24)9-15(16)21(31)30(23)12-14-10-18-19(27-14)11-17(25)20(26)28-18/h4-5,9-11,27H,6-8,12H2,1H3,(H2,26,28)/t23-/m0/s1. The summed E-state index contributed by atoms with van der Waals surface area (Å²) in [6, 6.07) is 6.84. The molecule has 162 valence electrons. The predicted molar refractivity (Wildman–Crippen MR) is 113 cm³/mol. The molecule has 7 nitrogen and oxygen atoms in total. The summed E-state index contributed by atoms with van der Waals surface area (Å²) >= 11 is 0. The normalized spacial score (nSPS) is 19.7. The Balaban J connectivity index is 1.59. The van der Waals surface area contributed by atoms with Crippen LogP contribution in [-0.4, -0.2) is 44.7 Å². The average Bonchev–Trinajstić information content (AvgIpc) is 3.37. The molecule has 0 unspecified atom stereocenters. The average molecular weight is 435 g/mol. The molecular formula is C23H19F2N5O2. The number of fused-ring (bicyclic) bond motifs is 3. The SMILES string of the molecule is CC#CCN1CC[C@@]2(C1=O)c1ccc(F)cc1C(=O)N2Cc1cc2nc(N)c(F)cc2[nH]1. The molecule has 9 heteroatoms. The number of carbonyl (C=O) groups excluding carboxylic acids is 2. The van der Waals surface area contributed by atoms with E-state index in [2.05, 4.69) is 21.8 Å². The molecule has 2 aliphatic rings. The summed E-state index contributed by atoms with van der Waals surface area (Å²) in [4.78, 5) is 37.1. The zero-order valence-electron chi connectivity index (χ0n) is 17.2. The second-order valence-corrected chi connectivity index (χ2v) is 7.93. The second-order valence-electron chi connectivity index (χ2n) is 7.93. The number of halogens is 2. The molecule has 1 saturated heterocycles. The van der Waals surface area contributed by atoms with Crippen LogP contribution in [0.3, 0.4) is 0 Å². The number of aromatic nitrogens is 2. The van der Waals surface area contributed by atoms with Gasteiger partial charge >= 0.3 is 0 Å². The first-order valence-electron chi connectivity index (χ1n) is 10.1. The number of anilines is 1. The minimum atomic E-state index is -1.25. The molecule has 1 atom stereocenters. The van der Waals surface area contributed by atoms with Crippen LogP contribution >= 0.6 is 0 Å². The van der Waals surface area contributed by atoms with Crippen LogP contribution in [0.4, 0.5) is 14.6 Å². The molecule has 0 bridgehead atoms. The highest BCUT2D eigenvalue weighted by Gasteiger charge is 2.59. The lowest BCUT2D eigenvalue weighted by atomic mass is 9.87. The third-order valence-electron chi connectivity index (χ3n) is 6.16. The summed E-state index contributed by atoms with van der Waals surface area (Å²) in [5.41, 5.74) is 6.40. The summed E-state index contributed by atoms with van der Waals surface area (Å²) < 4.78 is 27.8. The Kier molecular flexibility index (Phi) is 4.41. The molecule has 2 aromatic heterocycles. The maximum atomic E-state index is 14.0. The fraction of sp³-hybridized carbons (Fsp3) is 0.261. The molecule has 32 heavy (non-hydrogen) atoms. The fourth-order valence-corrected chi connectivity index (χ4v) is 4.68. The number of benzene rings is 1. The van der Waals surface area contributed by atoms with E-state index in [9.17, 15) is 18.4 Å². The number of carbonyl (C=O) groups is 2. The maximum absolute atomic E-state index is 14.0. The molecule has 2 aliphatic heterocycles. The van der Waals surface area contributed by atoms with Crippen LogP contribution < -0.4 is 5.73 Å². The van der Waals surface area contributed by atoms with E-state index in [0.29, 0.717) is 35.3 Å². The summed E-state index contributed by atoms with van der Waals surface area (Å²) in [6.45, 7) is 2.40. The number of likely N-dealkylation sites (tertiary alicyclic amines) is 1. The number of nitrogens with two attached hydrogens (primary N) is 1. The van der Waals surface area contributed by atoms with Gasteiger partial charge in [0.25, 0.3) is 11.8 Å². The second kappa shape index (κ2) is 7.05. The molecule has 1 spiro atoms. The van der Waals surface area contributed by atoms with E-state index in [-0.39, 0.29) is 30.4 Å². The zero-order valence-corrected chi connectivity index (χ0v) is 17.2. The number of H-pyrrole nitrogens is 1. The lowest BCUT2D eigenvalue weighted by Crippen LogP contribution is -2.49. The fourth-order valence-electron chi connectivity index (χ4n) is 4.68. The Bertz CT molecular complexity index is 1320. The number of aromatic amines is 1. The third-order valence-corrected chi connectivity index (χ3v) is 6.16. The third kappa shape index (κ3) is 2.76. The van der Waals surface area contributed by atoms with Crippen molar-refractivity contribution in [3.63, 3.8) is 0 Å². The number of hydrogen-bond acceptors (Lipinski definition) is 4. The van der Waals surface area contributed by atoms with E-state index in [4.69, 9.17) is 5.73 Å². The number of nitrogens with zero attached hydrogens (tertiary/aromatic N) is 3. The largest absolute Gasteiger partial charge is 0.381 e. The number of pyridine rings is 1. The van der Waals surface area contributed by atoms with Crippen LogP contribution in [0.1, 0.15) is 35.0 Å². The summed E-state index contributed by atoms with van der Waals surface area (Å²) in [6.07, 6.45) is 0.363. The van der Waals surface area contributed by atoms with E-state index in [0.717, 1.165) is 0 Å². The number of hydrogen-bond donors (Lipinski definition) is 2. The summed E-state index contributed by atoms with van der Waals surface area (Å²) in [7, 11) is 0. The topological polar surface area (TPSA) is 95.3 Å². The molecule has 1 aromatic carbocycles. The molecule has 0 saturated carbocycles. The van der Waals surface area contributed by atoms with Crippen molar-refractivity contribution in [1.29, 1.82) is 0 Å². The van der Waals surface area contributed by atoms with Crippen molar-refractivity contribution in [2.24, 2.45) is 0 Å². The molecule has 5 rings (SSSR count). The van der Waals surface area contributed by atoms with Crippen LogP contribution in [0.25, 0.3) is 11.0 Å². The molecule has 3 N–H and O–H groups in total. The van der Waals surface area contributed by atoms with Gasteiger partial charge in [0.15, 0.2) is 17.2 Å². The highest BCUT2D eigenvalue weighted by molar-refractivity contribution is 6.07. The van der Waals surface area contributed by atoms with E-state index in [1.807, 2.05) is 0 Å². The number of nitrogen functional groups attached to an aromatic ring is 1. The molecule has 1 fully saturated rings. The van der Waals surface area contributed by atoms with Crippen molar-refractivity contribution >= 4 is 28.7 Å². The van der Waals surface area contributed by atoms with Gasteiger partial charge in [-0.05, 0) is 25.1 Å². The van der Waals surface area contributed by atoms with Gasteiger partial charge in [0.1, 0.15) is 5.82 Å². The lowest BCUT2D eigenvalue weighted by molar-refractivity contribution is -0.136. The highest BCUT2D eigenvalue weighted by Crippen LogP contribution is 2.47. The van der Waals surface area contributed by atoms with Gasteiger partial charge in [-0.15, -0.1) is 5.92 Å². The smallest absolute Gasteiger partial charge is 0.255 e. The Morgan fingerprint density at radius 1 is 1.25 bits per heavy atom. The first-order valence-corrected chi connectivity index (χ1v) is 10.1. The van der Waals surface area contributed by atoms with Crippen molar-refractivity contribution in [1.82, 2.24) is 19.8 Å². The van der Waals surface area contributed by atoms with Crippen LogP contribution in [0.2, 0.25) is 0 Å². The van der Waals surface area contributed by atoms with Gasteiger partial charge in [0.05, 0.1) is 24.1 Å². The van der Waals surface area contributed by atoms with Gasteiger partial charge < -0.3 is 20.5 Å². The molecule has 0 radical (unpaired) electrons. The number of nitrogens with one attached hydrogen (secondary N) is 1. The van der Waals surface area contributed by atoms with Crippen molar-refractivity contribution in [3.8, 4) is 11.8 Å².